The molecule has 6 nitrogen and oxygen atoms in total. The zero-order valence-electron chi connectivity index (χ0n) is 24.2. The van der Waals surface area contributed by atoms with E-state index < -0.39 is 11.9 Å². The van der Waals surface area contributed by atoms with Crippen molar-refractivity contribution < 1.29 is 28.4 Å². The Kier molecular flexibility index (Phi) is 11.3. The maximum absolute atomic E-state index is 6.69. The summed E-state index contributed by atoms with van der Waals surface area (Å²) >= 11 is 0. The smallest absolute Gasteiger partial charge is 0.221 e. The summed E-state index contributed by atoms with van der Waals surface area (Å²) in [5.74, 6) is -1.25. The second kappa shape index (κ2) is 15.8. The quantitative estimate of drug-likeness (QED) is 0.162. The van der Waals surface area contributed by atoms with Crippen molar-refractivity contribution in [2.75, 3.05) is 26.9 Å². The van der Waals surface area contributed by atoms with Gasteiger partial charge in [-0.1, -0.05) is 121 Å². The molecule has 4 aromatic carbocycles. The molecule has 1 heterocycles. The van der Waals surface area contributed by atoms with Gasteiger partial charge in [-0.05, 0) is 22.3 Å². The molecule has 0 saturated carbocycles. The van der Waals surface area contributed by atoms with Gasteiger partial charge in [0, 0.05) is 13.0 Å². The minimum Gasteiger partial charge on any atom is -0.376 e. The lowest BCUT2D eigenvalue weighted by atomic mass is 9.90. The van der Waals surface area contributed by atoms with E-state index in [9.17, 15) is 0 Å². The summed E-state index contributed by atoms with van der Waals surface area (Å²) in [5.41, 5.74) is 4.33. The fraction of sp³-hybridized carbons (Fsp3) is 0.333. The largest absolute Gasteiger partial charge is 0.376 e. The number of methoxy groups -OCH3 is 1. The molecule has 4 aromatic rings. The number of benzene rings is 4. The van der Waals surface area contributed by atoms with E-state index in [-0.39, 0.29) is 18.6 Å². The Bertz CT molecular complexity index is 1290. The third kappa shape index (κ3) is 8.35. The summed E-state index contributed by atoms with van der Waals surface area (Å²) in [6.45, 7) is 2.75. The molecule has 220 valence electrons. The van der Waals surface area contributed by atoms with Gasteiger partial charge in [0.05, 0.1) is 45.7 Å². The highest BCUT2D eigenvalue weighted by Crippen LogP contribution is 2.36. The molecule has 0 bridgehead atoms. The molecule has 1 aliphatic heterocycles. The zero-order chi connectivity index (χ0) is 28.9. The molecule has 0 radical (unpaired) electrons. The van der Waals surface area contributed by atoms with Gasteiger partial charge < -0.3 is 28.4 Å². The van der Waals surface area contributed by atoms with E-state index >= 15 is 0 Å². The van der Waals surface area contributed by atoms with Gasteiger partial charge in [-0.3, -0.25) is 0 Å². The maximum Gasteiger partial charge on any atom is 0.221 e. The Balaban J connectivity index is 1.37. The van der Waals surface area contributed by atoms with Gasteiger partial charge in [-0.2, -0.15) is 0 Å². The predicted molar refractivity (Wildman–Crippen MR) is 161 cm³/mol. The van der Waals surface area contributed by atoms with Crippen molar-refractivity contribution in [3.8, 4) is 0 Å². The second-order valence-corrected chi connectivity index (χ2v) is 10.5. The van der Waals surface area contributed by atoms with Crippen LogP contribution in [0.2, 0.25) is 0 Å². The molecule has 0 N–H and O–H groups in total. The van der Waals surface area contributed by atoms with Gasteiger partial charge in [0.1, 0.15) is 12.7 Å². The van der Waals surface area contributed by atoms with Crippen molar-refractivity contribution in [2.45, 2.75) is 44.4 Å². The number of hydrogen-bond donors (Lipinski definition) is 0. The normalized spacial score (nSPS) is 22.2. The van der Waals surface area contributed by atoms with Crippen LogP contribution in [0.1, 0.15) is 22.3 Å². The van der Waals surface area contributed by atoms with E-state index in [2.05, 4.69) is 24.3 Å². The summed E-state index contributed by atoms with van der Waals surface area (Å²) < 4.78 is 38.4. The highest BCUT2D eigenvalue weighted by atomic mass is 16.7. The minimum absolute atomic E-state index is 0.0874. The molecule has 1 saturated heterocycles. The third-order valence-corrected chi connectivity index (χ3v) is 7.50. The van der Waals surface area contributed by atoms with Crippen LogP contribution in [0.25, 0.3) is 0 Å². The molecule has 4 atom stereocenters. The van der Waals surface area contributed by atoms with E-state index in [1.54, 1.807) is 7.11 Å². The van der Waals surface area contributed by atoms with E-state index in [0.29, 0.717) is 39.6 Å². The summed E-state index contributed by atoms with van der Waals surface area (Å²) in [4.78, 5) is 0. The van der Waals surface area contributed by atoms with Crippen LogP contribution < -0.4 is 0 Å². The number of rotatable bonds is 15. The highest BCUT2D eigenvalue weighted by Gasteiger charge is 2.53. The van der Waals surface area contributed by atoms with Crippen LogP contribution in [0.4, 0.5) is 0 Å². The summed E-state index contributed by atoms with van der Waals surface area (Å²) in [6, 6.07) is 40.5. The average molecular weight is 569 g/mol. The van der Waals surface area contributed by atoms with Crippen molar-refractivity contribution in [3.63, 3.8) is 0 Å². The first kappa shape index (κ1) is 30.1. The molecule has 6 heteroatoms. The SMILES string of the molecule is CO[C@@]1(COCc2ccccc2)OC[C@H](COCc2ccccc2)[C@@H](OCc2ccccc2)[C@@H]1OCc1ccccc1. The first-order valence-corrected chi connectivity index (χ1v) is 14.5. The summed E-state index contributed by atoms with van der Waals surface area (Å²) in [7, 11) is 1.64. The first-order chi connectivity index (χ1) is 20.8. The number of ether oxygens (including phenoxy) is 6. The minimum atomic E-state index is -1.17. The van der Waals surface area contributed by atoms with Crippen LogP contribution in [0.5, 0.6) is 0 Å². The Morgan fingerprint density at radius 1 is 0.595 bits per heavy atom. The van der Waals surface area contributed by atoms with E-state index in [1.807, 2.05) is 97.1 Å². The monoisotopic (exact) mass is 568 g/mol. The summed E-state index contributed by atoms with van der Waals surface area (Å²) in [5, 5.41) is 0. The molecular formula is C36H40O6. The number of hydrogen-bond acceptors (Lipinski definition) is 6. The summed E-state index contributed by atoms with van der Waals surface area (Å²) in [6.07, 6.45) is -0.958. The second-order valence-electron chi connectivity index (χ2n) is 10.5. The van der Waals surface area contributed by atoms with Crippen molar-refractivity contribution in [2.24, 2.45) is 5.92 Å². The van der Waals surface area contributed by atoms with Gasteiger partial charge in [-0.25, -0.2) is 0 Å². The van der Waals surface area contributed by atoms with Crippen LogP contribution in [0.15, 0.2) is 121 Å². The van der Waals surface area contributed by atoms with Gasteiger partial charge in [0.15, 0.2) is 0 Å². The van der Waals surface area contributed by atoms with Gasteiger partial charge in [0.25, 0.3) is 0 Å². The first-order valence-electron chi connectivity index (χ1n) is 14.5. The Hall–Kier alpha value is -3.36. The van der Waals surface area contributed by atoms with Crippen LogP contribution in [0, 0.1) is 5.92 Å². The van der Waals surface area contributed by atoms with Crippen LogP contribution >= 0.6 is 0 Å². The standard InChI is InChI=1S/C36H40O6/c1-37-36(28-39-23-30-16-8-3-9-17-30)35(41-25-32-20-12-5-13-21-32)34(40-24-31-18-10-4-11-19-31)33(27-42-36)26-38-22-29-14-6-2-7-15-29/h2-21,33-35H,22-28H2,1H3/t33-,34+,35-,36-/m0/s1. The lowest BCUT2D eigenvalue weighted by Gasteiger charge is -2.48. The van der Waals surface area contributed by atoms with Crippen LogP contribution in [0.3, 0.4) is 0 Å². The van der Waals surface area contributed by atoms with Gasteiger partial charge in [-0.15, -0.1) is 0 Å². The van der Waals surface area contributed by atoms with Crippen molar-refractivity contribution in [1.82, 2.24) is 0 Å². The highest BCUT2D eigenvalue weighted by molar-refractivity contribution is 5.16. The van der Waals surface area contributed by atoms with Crippen molar-refractivity contribution in [3.05, 3.63) is 144 Å². The molecule has 5 rings (SSSR count). The Morgan fingerprint density at radius 2 is 1.05 bits per heavy atom. The van der Waals surface area contributed by atoms with E-state index in [1.165, 1.54) is 0 Å². The van der Waals surface area contributed by atoms with E-state index in [4.69, 9.17) is 28.4 Å². The Labute approximate surface area is 249 Å². The average Bonchev–Trinajstić information content (AvgIpc) is 3.05. The maximum atomic E-state index is 6.69. The lowest BCUT2D eigenvalue weighted by molar-refractivity contribution is -0.357. The molecule has 42 heavy (non-hydrogen) atoms. The fourth-order valence-corrected chi connectivity index (χ4v) is 5.18. The predicted octanol–water partition coefficient (Wildman–Crippen LogP) is 6.58. The molecule has 0 aromatic heterocycles. The molecule has 0 spiro atoms. The molecule has 0 amide bonds. The van der Waals surface area contributed by atoms with Crippen LogP contribution in [-0.2, 0) is 54.8 Å². The Morgan fingerprint density at radius 3 is 1.55 bits per heavy atom. The lowest BCUT2D eigenvalue weighted by Crippen LogP contribution is -2.64. The molecule has 1 aliphatic rings. The fourth-order valence-electron chi connectivity index (χ4n) is 5.18. The topological polar surface area (TPSA) is 55.4 Å². The van der Waals surface area contributed by atoms with Crippen molar-refractivity contribution in [1.29, 1.82) is 0 Å². The van der Waals surface area contributed by atoms with E-state index in [0.717, 1.165) is 22.3 Å². The van der Waals surface area contributed by atoms with Gasteiger partial charge >= 0.3 is 0 Å². The van der Waals surface area contributed by atoms with Crippen LogP contribution in [-0.4, -0.2) is 44.9 Å². The third-order valence-electron chi connectivity index (χ3n) is 7.50. The zero-order valence-corrected chi connectivity index (χ0v) is 24.2. The van der Waals surface area contributed by atoms with Gasteiger partial charge in [0.2, 0.25) is 5.79 Å². The molecule has 1 fully saturated rings. The molecule has 0 aliphatic carbocycles. The molecule has 0 unspecified atom stereocenters. The molecular weight excluding hydrogens is 528 g/mol. The van der Waals surface area contributed by atoms with Crippen molar-refractivity contribution >= 4 is 0 Å².